The molecule has 1 atom stereocenters. The van der Waals surface area contributed by atoms with Crippen molar-refractivity contribution in [1.29, 1.82) is 0 Å². The summed E-state index contributed by atoms with van der Waals surface area (Å²) >= 11 is 0. The van der Waals surface area contributed by atoms with Crippen LogP contribution in [-0.2, 0) is 11.3 Å². The van der Waals surface area contributed by atoms with E-state index in [9.17, 15) is 4.79 Å². The van der Waals surface area contributed by atoms with Crippen molar-refractivity contribution >= 4 is 5.78 Å². The third-order valence-corrected chi connectivity index (χ3v) is 3.96. The fraction of sp³-hybridized carbons (Fsp3) is 0.733. The molecule has 1 aromatic heterocycles. The van der Waals surface area contributed by atoms with Gasteiger partial charge in [-0.25, -0.2) is 0 Å². The van der Waals surface area contributed by atoms with Gasteiger partial charge in [0.15, 0.2) is 5.75 Å². The summed E-state index contributed by atoms with van der Waals surface area (Å²) in [7, 11) is 5.73. The molecule has 1 aliphatic rings. The summed E-state index contributed by atoms with van der Waals surface area (Å²) in [6, 6.07) is 0. The first kappa shape index (κ1) is 15.0. The summed E-state index contributed by atoms with van der Waals surface area (Å²) in [4.78, 5) is 14.5. The molecule has 5 heteroatoms. The summed E-state index contributed by atoms with van der Waals surface area (Å²) in [5.41, 5.74) is 0.973. The van der Waals surface area contributed by atoms with Crippen molar-refractivity contribution in [2.45, 2.75) is 44.6 Å². The van der Waals surface area contributed by atoms with Crippen LogP contribution in [0.5, 0.6) is 5.75 Å². The number of rotatable bonds is 5. The van der Waals surface area contributed by atoms with Crippen LogP contribution in [0.4, 0.5) is 0 Å². The summed E-state index contributed by atoms with van der Waals surface area (Å²) in [5, 5.41) is 4.41. The zero-order valence-corrected chi connectivity index (χ0v) is 12.8. The second-order valence-corrected chi connectivity index (χ2v) is 5.74. The quantitative estimate of drug-likeness (QED) is 0.774. The van der Waals surface area contributed by atoms with Gasteiger partial charge in [0.05, 0.1) is 31.5 Å². The highest BCUT2D eigenvalue weighted by molar-refractivity contribution is 5.86. The molecule has 0 radical (unpaired) electrons. The van der Waals surface area contributed by atoms with Crippen LogP contribution in [-0.4, -0.2) is 48.2 Å². The fourth-order valence-electron chi connectivity index (χ4n) is 2.81. The zero-order chi connectivity index (χ0) is 14.5. The number of Topliss-reactive ketones (excluding diaryl/α,β-unsaturated/α-hetero) is 1. The van der Waals surface area contributed by atoms with E-state index >= 15 is 0 Å². The van der Waals surface area contributed by atoms with Gasteiger partial charge >= 0.3 is 0 Å². The van der Waals surface area contributed by atoms with E-state index in [2.05, 4.69) is 10.00 Å². The molecule has 1 aliphatic carbocycles. The van der Waals surface area contributed by atoms with E-state index in [1.165, 1.54) is 0 Å². The summed E-state index contributed by atoms with van der Waals surface area (Å²) in [5.74, 6) is 1.05. The van der Waals surface area contributed by atoms with E-state index < -0.39 is 0 Å². The molecule has 1 saturated carbocycles. The van der Waals surface area contributed by atoms with Gasteiger partial charge in [-0.1, -0.05) is 12.8 Å². The lowest BCUT2D eigenvalue weighted by Crippen LogP contribution is -2.23. The highest BCUT2D eigenvalue weighted by Gasteiger charge is 2.29. The number of ether oxygens (including phenoxy) is 1. The zero-order valence-electron chi connectivity index (χ0n) is 12.8. The van der Waals surface area contributed by atoms with Gasteiger partial charge in [-0.2, -0.15) is 5.10 Å². The van der Waals surface area contributed by atoms with Crippen molar-refractivity contribution in [2.75, 3.05) is 27.7 Å². The maximum absolute atomic E-state index is 12.4. The Balaban J connectivity index is 2.26. The van der Waals surface area contributed by atoms with Crippen molar-refractivity contribution in [1.82, 2.24) is 14.7 Å². The molecule has 0 N–H and O–H groups in total. The topological polar surface area (TPSA) is 47.4 Å². The molecule has 0 aliphatic heterocycles. The third kappa shape index (κ3) is 3.39. The lowest BCUT2D eigenvalue weighted by Gasteiger charge is -2.18. The molecule has 2 rings (SSSR count). The normalized spacial score (nSPS) is 20.2. The van der Waals surface area contributed by atoms with E-state index in [0.717, 1.165) is 50.2 Å². The first-order valence-corrected chi connectivity index (χ1v) is 7.40. The lowest BCUT2D eigenvalue weighted by molar-refractivity contribution is -0.120. The predicted octanol–water partition coefficient (Wildman–Crippen LogP) is 2.07. The molecule has 0 saturated heterocycles. The predicted molar refractivity (Wildman–Crippen MR) is 78.2 cm³/mol. The van der Waals surface area contributed by atoms with Gasteiger partial charge in [-0.15, -0.1) is 0 Å². The number of methoxy groups -OCH3 is 1. The maximum atomic E-state index is 12.4. The minimum absolute atomic E-state index is 0.0443. The Kier molecular flexibility index (Phi) is 5.17. The van der Waals surface area contributed by atoms with Crippen LogP contribution in [0.3, 0.4) is 0 Å². The van der Waals surface area contributed by atoms with Crippen LogP contribution in [0.1, 0.15) is 43.7 Å². The van der Waals surface area contributed by atoms with Crippen LogP contribution in [0.25, 0.3) is 0 Å². The molecule has 1 aromatic rings. The first-order chi connectivity index (χ1) is 9.63. The van der Waals surface area contributed by atoms with Gasteiger partial charge < -0.3 is 9.64 Å². The number of carbonyl (C=O) groups excluding carboxylic acids is 1. The summed E-state index contributed by atoms with van der Waals surface area (Å²) in [6.07, 6.45) is 6.62. The van der Waals surface area contributed by atoms with Gasteiger partial charge in [-0.05, 0) is 26.9 Å². The van der Waals surface area contributed by atoms with Crippen molar-refractivity contribution in [3.05, 3.63) is 11.9 Å². The van der Waals surface area contributed by atoms with Crippen molar-refractivity contribution in [3.63, 3.8) is 0 Å². The number of nitrogens with zero attached hydrogens (tertiary/aromatic N) is 3. The number of aromatic nitrogens is 2. The molecule has 112 valence electrons. The molecule has 5 nitrogen and oxygen atoms in total. The van der Waals surface area contributed by atoms with Crippen LogP contribution < -0.4 is 4.74 Å². The molecule has 20 heavy (non-hydrogen) atoms. The van der Waals surface area contributed by atoms with E-state index in [0.29, 0.717) is 12.2 Å². The molecule has 0 bridgehead atoms. The Morgan fingerprint density at radius 1 is 1.40 bits per heavy atom. The highest BCUT2D eigenvalue weighted by atomic mass is 16.5. The molecule has 1 unspecified atom stereocenters. The number of hydrogen-bond acceptors (Lipinski definition) is 4. The molecule has 0 amide bonds. The Morgan fingerprint density at radius 2 is 2.20 bits per heavy atom. The van der Waals surface area contributed by atoms with Gasteiger partial charge in [0.1, 0.15) is 5.78 Å². The monoisotopic (exact) mass is 279 g/mol. The smallest absolute Gasteiger partial charge is 0.160 e. The van der Waals surface area contributed by atoms with Crippen LogP contribution >= 0.6 is 0 Å². The summed E-state index contributed by atoms with van der Waals surface area (Å²) < 4.78 is 7.38. The number of ketones is 1. The van der Waals surface area contributed by atoms with E-state index in [4.69, 9.17) is 4.74 Å². The van der Waals surface area contributed by atoms with Crippen molar-refractivity contribution in [3.8, 4) is 5.75 Å². The standard InChI is InChI=1S/C15H25N3O2/c1-17(2)9-10-18-15(14(20-3)11-16-18)12-7-5-4-6-8-13(12)19/h11-12H,4-10H2,1-3H3. The Bertz CT molecular complexity index is 454. The number of hydrogen-bond donors (Lipinski definition) is 0. The van der Waals surface area contributed by atoms with E-state index in [1.54, 1.807) is 13.3 Å². The number of likely N-dealkylation sites (N-methyl/N-ethyl adjacent to an activating group) is 1. The first-order valence-electron chi connectivity index (χ1n) is 7.40. The average molecular weight is 279 g/mol. The molecule has 0 spiro atoms. The fourth-order valence-corrected chi connectivity index (χ4v) is 2.81. The Morgan fingerprint density at radius 3 is 2.90 bits per heavy atom. The highest BCUT2D eigenvalue weighted by Crippen LogP contribution is 2.34. The Hall–Kier alpha value is -1.36. The third-order valence-electron chi connectivity index (χ3n) is 3.96. The van der Waals surface area contributed by atoms with Gasteiger partial charge in [-0.3, -0.25) is 9.48 Å². The Labute approximate surface area is 120 Å². The minimum atomic E-state index is -0.0443. The average Bonchev–Trinajstić information content (AvgIpc) is 2.71. The molecule has 1 heterocycles. The molecule has 1 fully saturated rings. The van der Waals surface area contributed by atoms with E-state index in [1.807, 2.05) is 18.8 Å². The van der Waals surface area contributed by atoms with Gasteiger partial charge in [0.25, 0.3) is 0 Å². The van der Waals surface area contributed by atoms with Crippen molar-refractivity contribution < 1.29 is 9.53 Å². The van der Waals surface area contributed by atoms with Crippen LogP contribution in [0.15, 0.2) is 6.20 Å². The molecular weight excluding hydrogens is 254 g/mol. The van der Waals surface area contributed by atoms with Gasteiger partial charge in [0, 0.05) is 13.0 Å². The van der Waals surface area contributed by atoms with Crippen LogP contribution in [0.2, 0.25) is 0 Å². The SMILES string of the molecule is COc1cnn(CCN(C)C)c1C1CCCCCC1=O. The van der Waals surface area contributed by atoms with Crippen molar-refractivity contribution in [2.24, 2.45) is 0 Å². The molecular formula is C15H25N3O2. The number of carbonyl (C=O) groups is 1. The largest absolute Gasteiger partial charge is 0.493 e. The van der Waals surface area contributed by atoms with Gasteiger partial charge in [0.2, 0.25) is 0 Å². The van der Waals surface area contributed by atoms with E-state index in [-0.39, 0.29) is 5.92 Å². The lowest BCUT2D eigenvalue weighted by atomic mass is 9.94. The second-order valence-electron chi connectivity index (χ2n) is 5.74. The minimum Gasteiger partial charge on any atom is -0.493 e. The second kappa shape index (κ2) is 6.88. The van der Waals surface area contributed by atoms with Crippen LogP contribution in [0, 0.1) is 0 Å². The maximum Gasteiger partial charge on any atom is 0.160 e. The molecule has 0 aromatic carbocycles. The summed E-state index contributed by atoms with van der Waals surface area (Å²) in [6.45, 7) is 1.69.